The molecule has 0 amide bonds. The number of nitrogens with zero attached hydrogens (tertiary/aromatic N) is 2. The number of hydrogen-bond acceptors (Lipinski definition) is 5. The Bertz CT molecular complexity index is 920. The van der Waals surface area contributed by atoms with Crippen molar-refractivity contribution in [3.8, 4) is 11.5 Å². The summed E-state index contributed by atoms with van der Waals surface area (Å²) in [5.41, 5.74) is 3.64. The molecule has 5 heteroatoms. The number of aryl methyl sites for hydroxylation is 1. The predicted molar refractivity (Wildman–Crippen MR) is 109 cm³/mol. The van der Waals surface area contributed by atoms with E-state index in [-0.39, 0.29) is 11.5 Å². The quantitative estimate of drug-likeness (QED) is 0.441. The topological polar surface area (TPSA) is 65.2 Å². The zero-order valence-electron chi connectivity index (χ0n) is 14.2. The van der Waals surface area contributed by atoms with E-state index in [1.807, 2.05) is 31.2 Å². The van der Waals surface area contributed by atoms with Gasteiger partial charge in [0.1, 0.15) is 22.9 Å². The normalized spacial score (nSPS) is 11.5. The van der Waals surface area contributed by atoms with Gasteiger partial charge in [-0.25, -0.2) is 0 Å². The largest absolute Gasteiger partial charge is 0.506 e. The van der Waals surface area contributed by atoms with Crippen LogP contribution in [0.25, 0.3) is 0 Å². The maximum absolute atomic E-state index is 9.83. The van der Waals surface area contributed by atoms with Crippen LogP contribution in [0.1, 0.15) is 16.7 Å². The lowest BCUT2D eigenvalue weighted by atomic mass is 10.1. The Kier molecular flexibility index (Phi) is 5.39. The summed E-state index contributed by atoms with van der Waals surface area (Å²) in [6.07, 6.45) is 3.34. The third kappa shape index (κ3) is 4.13. The Hall–Kier alpha value is -3.05. The first-order valence-corrected chi connectivity index (χ1v) is 8.47. The molecular weight excluding hydrogens is 344 g/mol. The smallest absolute Gasteiger partial charge is 0.141 e. The first-order valence-electron chi connectivity index (χ1n) is 8.02. The van der Waals surface area contributed by atoms with Gasteiger partial charge in [0, 0.05) is 28.5 Å². The fourth-order valence-electron chi connectivity index (χ4n) is 2.46. The van der Waals surface area contributed by atoms with Crippen molar-refractivity contribution < 1.29 is 10.2 Å². The number of benzene rings is 3. The molecule has 3 rings (SSSR count). The molecule has 0 atom stereocenters. The van der Waals surface area contributed by atoms with Crippen molar-refractivity contribution >= 4 is 36.4 Å². The number of para-hydroxylation sites is 4. The summed E-state index contributed by atoms with van der Waals surface area (Å²) in [4.78, 5) is 9.40. The number of thiol groups is 1. The molecule has 2 N–H and O–H groups in total. The molecular formula is C21H18N2O2S. The van der Waals surface area contributed by atoms with Gasteiger partial charge in [-0.15, -0.1) is 12.6 Å². The minimum Gasteiger partial charge on any atom is -0.506 e. The Morgan fingerprint density at radius 2 is 1.19 bits per heavy atom. The average Bonchev–Trinajstić information content (AvgIpc) is 2.63. The van der Waals surface area contributed by atoms with Crippen LogP contribution in [0.2, 0.25) is 0 Å². The van der Waals surface area contributed by atoms with Crippen LogP contribution in [0.4, 0.5) is 11.4 Å². The van der Waals surface area contributed by atoms with Gasteiger partial charge in [0.05, 0.1) is 0 Å². The molecule has 0 aliphatic heterocycles. The van der Waals surface area contributed by atoms with Crippen molar-refractivity contribution in [3.05, 3.63) is 77.4 Å². The molecule has 0 fully saturated rings. The summed E-state index contributed by atoms with van der Waals surface area (Å²) in [5, 5.41) is 19.7. The molecule has 0 aliphatic carbocycles. The second-order valence-electron chi connectivity index (χ2n) is 5.79. The van der Waals surface area contributed by atoms with E-state index in [9.17, 15) is 10.2 Å². The number of aromatic hydroxyl groups is 2. The van der Waals surface area contributed by atoms with Crippen molar-refractivity contribution in [2.45, 2.75) is 11.8 Å². The molecule has 0 saturated heterocycles. The molecule has 26 heavy (non-hydrogen) atoms. The molecule has 4 nitrogen and oxygen atoms in total. The van der Waals surface area contributed by atoms with Gasteiger partial charge >= 0.3 is 0 Å². The van der Waals surface area contributed by atoms with E-state index in [0.29, 0.717) is 16.3 Å². The zero-order chi connectivity index (χ0) is 18.5. The molecule has 130 valence electrons. The number of phenols is 2. The Morgan fingerprint density at radius 1 is 0.769 bits per heavy atom. The standard InChI is InChI=1S/C21H18N2O2S/c1-14-10-15(12-22-17-6-2-4-8-19(17)24)21(26)16(11-14)13-23-18-7-3-5-9-20(18)25/h2-13,24-26H,1H3. The number of phenolic OH excluding ortho intramolecular Hbond substituents is 2. The van der Waals surface area contributed by atoms with E-state index in [4.69, 9.17) is 0 Å². The lowest BCUT2D eigenvalue weighted by Crippen LogP contribution is -1.93. The Morgan fingerprint density at radius 3 is 1.62 bits per heavy atom. The van der Waals surface area contributed by atoms with Crippen LogP contribution in [-0.2, 0) is 0 Å². The van der Waals surface area contributed by atoms with Gasteiger partial charge in [-0.2, -0.15) is 0 Å². The van der Waals surface area contributed by atoms with E-state index in [1.165, 1.54) is 0 Å². The highest BCUT2D eigenvalue weighted by Gasteiger charge is 2.05. The van der Waals surface area contributed by atoms with Crippen molar-refractivity contribution in [3.63, 3.8) is 0 Å². The molecule has 3 aromatic carbocycles. The van der Waals surface area contributed by atoms with Gasteiger partial charge in [-0.05, 0) is 48.9 Å². The summed E-state index contributed by atoms with van der Waals surface area (Å²) < 4.78 is 0. The number of hydrogen-bond donors (Lipinski definition) is 3. The fourth-order valence-corrected chi connectivity index (χ4v) is 2.70. The van der Waals surface area contributed by atoms with E-state index >= 15 is 0 Å². The maximum atomic E-state index is 9.83. The summed E-state index contributed by atoms with van der Waals surface area (Å²) in [6.45, 7) is 1.97. The molecule has 0 bridgehead atoms. The van der Waals surface area contributed by atoms with Crippen LogP contribution in [0.15, 0.2) is 75.5 Å². The predicted octanol–water partition coefficient (Wildman–Crippen LogP) is 5.20. The molecule has 0 heterocycles. The minimum absolute atomic E-state index is 0.124. The third-order valence-electron chi connectivity index (χ3n) is 3.76. The minimum atomic E-state index is 0.124. The molecule has 0 aliphatic rings. The summed E-state index contributed by atoms with van der Waals surface area (Å²) in [7, 11) is 0. The SMILES string of the molecule is Cc1cc(C=Nc2ccccc2O)c(S)c(C=Nc2ccccc2O)c1. The highest BCUT2D eigenvalue weighted by molar-refractivity contribution is 7.80. The lowest BCUT2D eigenvalue weighted by molar-refractivity contribution is 0.476. The van der Waals surface area contributed by atoms with Gasteiger partial charge in [0.2, 0.25) is 0 Å². The molecule has 0 aromatic heterocycles. The fraction of sp³-hybridized carbons (Fsp3) is 0.0476. The summed E-state index contributed by atoms with van der Waals surface area (Å²) >= 11 is 4.60. The van der Waals surface area contributed by atoms with Crippen molar-refractivity contribution in [2.75, 3.05) is 0 Å². The van der Waals surface area contributed by atoms with Gasteiger partial charge in [-0.3, -0.25) is 9.98 Å². The molecule has 3 aromatic rings. The van der Waals surface area contributed by atoms with E-state index in [0.717, 1.165) is 16.7 Å². The van der Waals surface area contributed by atoms with Gasteiger partial charge < -0.3 is 10.2 Å². The maximum Gasteiger partial charge on any atom is 0.141 e. The first kappa shape index (κ1) is 17.8. The third-order valence-corrected chi connectivity index (χ3v) is 4.28. The summed E-state index contributed by atoms with van der Waals surface area (Å²) in [6, 6.07) is 17.7. The first-order chi connectivity index (χ1) is 12.5. The van der Waals surface area contributed by atoms with Crippen LogP contribution in [0.3, 0.4) is 0 Å². The highest BCUT2D eigenvalue weighted by atomic mass is 32.1. The number of aliphatic imine (C=N–C) groups is 2. The summed E-state index contributed by atoms with van der Waals surface area (Å²) in [5.74, 6) is 0.247. The van der Waals surface area contributed by atoms with Crippen molar-refractivity contribution in [1.82, 2.24) is 0 Å². The average molecular weight is 362 g/mol. The molecule has 0 spiro atoms. The molecule has 0 unspecified atom stereocenters. The molecule has 0 radical (unpaired) electrons. The van der Waals surface area contributed by atoms with Gasteiger partial charge in [-0.1, -0.05) is 24.3 Å². The number of rotatable bonds is 4. The van der Waals surface area contributed by atoms with E-state index in [2.05, 4.69) is 22.6 Å². The van der Waals surface area contributed by atoms with Crippen LogP contribution in [-0.4, -0.2) is 22.6 Å². The van der Waals surface area contributed by atoms with Crippen molar-refractivity contribution in [2.24, 2.45) is 9.98 Å². The zero-order valence-corrected chi connectivity index (χ0v) is 15.1. The van der Waals surface area contributed by atoms with Crippen LogP contribution < -0.4 is 0 Å². The van der Waals surface area contributed by atoms with Gasteiger partial charge in [0.15, 0.2) is 0 Å². The van der Waals surface area contributed by atoms with Crippen LogP contribution in [0, 0.1) is 6.92 Å². The Balaban J connectivity index is 1.94. The van der Waals surface area contributed by atoms with Crippen molar-refractivity contribution in [1.29, 1.82) is 0 Å². The second-order valence-corrected chi connectivity index (χ2v) is 6.23. The van der Waals surface area contributed by atoms with E-state index < -0.39 is 0 Å². The second kappa shape index (κ2) is 7.89. The molecule has 0 saturated carbocycles. The highest BCUT2D eigenvalue weighted by Crippen LogP contribution is 2.27. The van der Waals surface area contributed by atoms with Crippen LogP contribution >= 0.6 is 12.6 Å². The Labute approximate surface area is 157 Å². The van der Waals surface area contributed by atoms with Gasteiger partial charge in [0.25, 0.3) is 0 Å². The lowest BCUT2D eigenvalue weighted by Gasteiger charge is -2.07. The van der Waals surface area contributed by atoms with E-state index in [1.54, 1.807) is 48.8 Å². The van der Waals surface area contributed by atoms with Crippen LogP contribution in [0.5, 0.6) is 11.5 Å². The monoisotopic (exact) mass is 362 g/mol.